The fraction of sp³-hybridized carbons (Fsp3) is 0.333. The van der Waals surface area contributed by atoms with Gasteiger partial charge < -0.3 is 9.80 Å². The van der Waals surface area contributed by atoms with Crippen molar-refractivity contribution in [2.75, 3.05) is 4.90 Å². The Morgan fingerprint density at radius 2 is 1.80 bits per heavy atom. The molecule has 2 amide bonds. The van der Waals surface area contributed by atoms with Crippen LogP contribution in [0.25, 0.3) is 0 Å². The van der Waals surface area contributed by atoms with Crippen molar-refractivity contribution >= 4 is 17.5 Å². The van der Waals surface area contributed by atoms with Gasteiger partial charge in [-0.1, -0.05) is 48.5 Å². The van der Waals surface area contributed by atoms with Gasteiger partial charge >= 0.3 is 0 Å². The van der Waals surface area contributed by atoms with E-state index in [4.69, 9.17) is 0 Å². The minimum Gasteiger partial charge on any atom is -0.326 e. The fourth-order valence-electron chi connectivity index (χ4n) is 4.03. The van der Waals surface area contributed by atoms with Gasteiger partial charge in [0.15, 0.2) is 0 Å². The fourth-order valence-corrected chi connectivity index (χ4v) is 4.03. The van der Waals surface area contributed by atoms with E-state index >= 15 is 0 Å². The number of rotatable bonds is 3. The number of fused-ring (bicyclic) bond motifs is 1. The minimum absolute atomic E-state index is 0.0548. The second-order valence-electron chi connectivity index (χ2n) is 6.95. The van der Waals surface area contributed by atoms with Gasteiger partial charge in [0.05, 0.1) is 0 Å². The predicted molar refractivity (Wildman–Crippen MR) is 97.1 cm³/mol. The molecule has 25 heavy (non-hydrogen) atoms. The van der Waals surface area contributed by atoms with Crippen LogP contribution in [0.1, 0.15) is 30.9 Å². The maximum Gasteiger partial charge on any atom is 0.250 e. The molecule has 2 atom stereocenters. The van der Waals surface area contributed by atoms with E-state index in [0.717, 1.165) is 17.7 Å². The Bertz CT molecular complexity index is 803. The zero-order valence-corrected chi connectivity index (χ0v) is 14.4. The van der Waals surface area contributed by atoms with E-state index in [1.165, 1.54) is 5.56 Å². The lowest BCUT2D eigenvalue weighted by molar-refractivity contribution is -0.134. The topological polar surface area (TPSA) is 40.6 Å². The summed E-state index contributed by atoms with van der Waals surface area (Å²) in [4.78, 5) is 29.3. The van der Waals surface area contributed by atoms with E-state index in [0.29, 0.717) is 19.4 Å². The Kier molecular flexibility index (Phi) is 4.04. The molecular weight excluding hydrogens is 312 g/mol. The molecule has 0 bridgehead atoms. The standard InChI is InChI=1S/C21H22N2O2/c1-15-13-17-9-5-6-10-18(17)23(15)21(25)19-11-12-20(24)22(19)14-16-7-3-2-4-8-16/h2-10,15,19H,11-14H2,1H3. The molecule has 0 radical (unpaired) electrons. The second-order valence-corrected chi connectivity index (χ2v) is 6.95. The summed E-state index contributed by atoms with van der Waals surface area (Å²) in [6.07, 6.45) is 1.93. The van der Waals surface area contributed by atoms with Crippen LogP contribution in [0.4, 0.5) is 5.69 Å². The summed E-state index contributed by atoms with van der Waals surface area (Å²) >= 11 is 0. The van der Waals surface area contributed by atoms with E-state index in [1.54, 1.807) is 4.90 Å². The van der Waals surface area contributed by atoms with E-state index in [2.05, 4.69) is 13.0 Å². The number of carbonyl (C=O) groups is 2. The van der Waals surface area contributed by atoms with Crippen LogP contribution in [0.5, 0.6) is 0 Å². The number of hydrogen-bond donors (Lipinski definition) is 0. The van der Waals surface area contributed by atoms with Crippen molar-refractivity contribution in [3.63, 3.8) is 0 Å². The zero-order valence-electron chi connectivity index (χ0n) is 14.4. The van der Waals surface area contributed by atoms with Crippen molar-refractivity contribution < 1.29 is 9.59 Å². The highest BCUT2D eigenvalue weighted by Gasteiger charge is 2.41. The third-order valence-corrected chi connectivity index (χ3v) is 5.25. The highest BCUT2D eigenvalue weighted by molar-refractivity contribution is 6.02. The average molecular weight is 334 g/mol. The molecule has 4 nitrogen and oxygen atoms in total. The van der Waals surface area contributed by atoms with Crippen molar-refractivity contribution in [3.8, 4) is 0 Å². The van der Waals surface area contributed by atoms with Gasteiger partial charge in [-0.3, -0.25) is 9.59 Å². The van der Waals surface area contributed by atoms with Crippen molar-refractivity contribution in [2.45, 2.75) is 44.8 Å². The summed E-state index contributed by atoms with van der Waals surface area (Å²) in [5.41, 5.74) is 3.27. The maximum absolute atomic E-state index is 13.3. The first kappa shape index (κ1) is 15.9. The molecule has 2 unspecified atom stereocenters. The Morgan fingerprint density at radius 1 is 1.08 bits per heavy atom. The quantitative estimate of drug-likeness (QED) is 0.865. The number of amides is 2. The van der Waals surface area contributed by atoms with Gasteiger partial charge in [-0.25, -0.2) is 0 Å². The number of para-hydroxylation sites is 1. The Balaban J connectivity index is 1.60. The minimum atomic E-state index is -0.360. The molecule has 0 aliphatic carbocycles. The third kappa shape index (κ3) is 2.82. The number of benzene rings is 2. The SMILES string of the molecule is CC1Cc2ccccc2N1C(=O)C1CCC(=O)N1Cc1ccccc1. The zero-order chi connectivity index (χ0) is 17.4. The van der Waals surface area contributed by atoms with Crippen molar-refractivity contribution in [1.82, 2.24) is 4.90 Å². The van der Waals surface area contributed by atoms with Gasteiger partial charge in [0, 0.05) is 24.7 Å². The van der Waals surface area contributed by atoms with Crippen LogP contribution in [-0.4, -0.2) is 28.8 Å². The highest BCUT2D eigenvalue weighted by atomic mass is 16.2. The molecule has 0 N–H and O–H groups in total. The number of hydrogen-bond acceptors (Lipinski definition) is 2. The molecule has 2 aromatic rings. The Hall–Kier alpha value is -2.62. The Morgan fingerprint density at radius 3 is 2.60 bits per heavy atom. The largest absolute Gasteiger partial charge is 0.326 e. The number of carbonyl (C=O) groups excluding carboxylic acids is 2. The molecule has 4 heteroatoms. The van der Waals surface area contributed by atoms with Gasteiger partial charge in [0.2, 0.25) is 11.8 Å². The van der Waals surface area contributed by atoms with Crippen LogP contribution in [0.3, 0.4) is 0 Å². The van der Waals surface area contributed by atoms with Gasteiger partial charge in [0.1, 0.15) is 6.04 Å². The first-order chi connectivity index (χ1) is 12.1. The molecule has 2 aromatic carbocycles. The summed E-state index contributed by atoms with van der Waals surface area (Å²) in [6.45, 7) is 2.58. The van der Waals surface area contributed by atoms with Crippen molar-refractivity contribution in [2.24, 2.45) is 0 Å². The normalized spacial score (nSPS) is 22.4. The second kappa shape index (κ2) is 6.36. The highest BCUT2D eigenvalue weighted by Crippen LogP contribution is 2.34. The summed E-state index contributed by atoms with van der Waals surface area (Å²) in [7, 11) is 0. The summed E-state index contributed by atoms with van der Waals surface area (Å²) < 4.78 is 0. The van der Waals surface area contributed by atoms with Crippen molar-refractivity contribution in [1.29, 1.82) is 0 Å². The molecular formula is C21H22N2O2. The van der Waals surface area contributed by atoms with E-state index in [-0.39, 0.29) is 23.9 Å². The first-order valence-electron chi connectivity index (χ1n) is 8.89. The first-order valence-corrected chi connectivity index (χ1v) is 8.89. The molecule has 0 aromatic heterocycles. The van der Waals surface area contributed by atoms with E-state index in [9.17, 15) is 9.59 Å². The van der Waals surface area contributed by atoms with Crippen molar-refractivity contribution in [3.05, 3.63) is 65.7 Å². The molecule has 2 aliphatic heterocycles. The lowest BCUT2D eigenvalue weighted by atomic mass is 10.1. The average Bonchev–Trinajstić information content (AvgIpc) is 3.15. The molecule has 128 valence electrons. The molecule has 0 saturated carbocycles. The predicted octanol–water partition coefficient (Wildman–Crippen LogP) is 3.16. The number of likely N-dealkylation sites (tertiary alicyclic amines) is 1. The summed E-state index contributed by atoms with van der Waals surface area (Å²) in [5.74, 6) is 0.126. The van der Waals surface area contributed by atoms with Gasteiger partial charge in [0.25, 0.3) is 0 Å². The number of anilines is 1. The maximum atomic E-state index is 13.3. The summed E-state index contributed by atoms with van der Waals surface area (Å²) in [6, 6.07) is 17.7. The smallest absolute Gasteiger partial charge is 0.250 e. The van der Waals surface area contributed by atoms with E-state index in [1.807, 2.05) is 53.4 Å². The number of nitrogens with zero attached hydrogens (tertiary/aromatic N) is 2. The molecule has 1 fully saturated rings. The lowest BCUT2D eigenvalue weighted by Crippen LogP contribution is -2.48. The van der Waals surface area contributed by atoms with Gasteiger partial charge in [-0.05, 0) is 37.0 Å². The van der Waals surface area contributed by atoms with Gasteiger partial charge in [-0.2, -0.15) is 0 Å². The van der Waals surface area contributed by atoms with Crippen LogP contribution in [-0.2, 0) is 22.6 Å². The van der Waals surface area contributed by atoms with E-state index < -0.39 is 0 Å². The molecule has 4 rings (SSSR count). The summed E-state index contributed by atoms with van der Waals surface area (Å²) in [5, 5.41) is 0. The molecule has 1 saturated heterocycles. The lowest BCUT2D eigenvalue weighted by Gasteiger charge is -2.30. The third-order valence-electron chi connectivity index (χ3n) is 5.25. The molecule has 2 heterocycles. The van der Waals surface area contributed by atoms with Crippen LogP contribution >= 0.6 is 0 Å². The van der Waals surface area contributed by atoms with Crippen LogP contribution in [0.2, 0.25) is 0 Å². The Labute approximate surface area is 148 Å². The monoisotopic (exact) mass is 334 g/mol. The van der Waals surface area contributed by atoms with Crippen LogP contribution in [0, 0.1) is 0 Å². The van der Waals surface area contributed by atoms with Crippen LogP contribution < -0.4 is 4.90 Å². The van der Waals surface area contributed by atoms with Gasteiger partial charge in [-0.15, -0.1) is 0 Å². The molecule has 0 spiro atoms. The van der Waals surface area contributed by atoms with Crippen LogP contribution in [0.15, 0.2) is 54.6 Å². The molecule has 2 aliphatic rings.